The highest BCUT2D eigenvalue weighted by atomic mass is 16.2. The number of amides is 1. The van der Waals surface area contributed by atoms with Gasteiger partial charge in [0.25, 0.3) is 5.91 Å². The fraction of sp³-hybridized carbons (Fsp3) is 0.450. The molecule has 3 heteroatoms. The molecule has 1 atom stereocenters. The Morgan fingerprint density at radius 3 is 2.48 bits per heavy atom. The Hall–Kier alpha value is -2.03. The van der Waals surface area contributed by atoms with Gasteiger partial charge in [-0.15, -0.1) is 0 Å². The summed E-state index contributed by atoms with van der Waals surface area (Å²) in [5, 5.41) is 0. The molecule has 1 fully saturated rings. The van der Waals surface area contributed by atoms with Crippen molar-refractivity contribution >= 4 is 5.91 Å². The third-order valence-electron chi connectivity index (χ3n) is 4.81. The molecule has 23 heavy (non-hydrogen) atoms. The molecule has 1 aliphatic heterocycles. The van der Waals surface area contributed by atoms with Crippen LogP contribution in [0.4, 0.5) is 0 Å². The van der Waals surface area contributed by atoms with E-state index >= 15 is 0 Å². The van der Waals surface area contributed by atoms with Gasteiger partial charge in [0.1, 0.15) is 0 Å². The van der Waals surface area contributed by atoms with E-state index in [0.717, 1.165) is 36.1 Å². The molecule has 1 unspecified atom stereocenters. The number of likely N-dealkylation sites (tertiary alicyclic amines) is 1. The zero-order valence-corrected chi connectivity index (χ0v) is 14.4. The Morgan fingerprint density at radius 2 is 1.83 bits per heavy atom. The first-order valence-corrected chi connectivity index (χ1v) is 8.57. The smallest absolute Gasteiger partial charge is 0.254 e. The average Bonchev–Trinajstić information content (AvgIpc) is 2.79. The van der Waals surface area contributed by atoms with Crippen LogP contribution >= 0.6 is 0 Å². The summed E-state index contributed by atoms with van der Waals surface area (Å²) in [7, 11) is 2.07. The minimum absolute atomic E-state index is 0.171. The lowest BCUT2D eigenvalue weighted by Gasteiger charge is -2.31. The van der Waals surface area contributed by atoms with Crippen molar-refractivity contribution in [1.82, 2.24) is 9.47 Å². The minimum Gasteiger partial charge on any atom is -0.353 e. The first kappa shape index (κ1) is 15.9. The quantitative estimate of drug-likeness (QED) is 0.807. The molecule has 0 aliphatic carbocycles. The Morgan fingerprint density at radius 1 is 1.09 bits per heavy atom. The zero-order chi connectivity index (χ0) is 16.4. The topological polar surface area (TPSA) is 25.2 Å². The number of hydrogen-bond acceptors (Lipinski definition) is 1. The van der Waals surface area contributed by atoms with E-state index in [-0.39, 0.29) is 11.9 Å². The molecule has 1 aliphatic rings. The summed E-state index contributed by atoms with van der Waals surface area (Å²) >= 11 is 0. The molecule has 1 aromatic carbocycles. The summed E-state index contributed by atoms with van der Waals surface area (Å²) in [6.07, 6.45) is 6.61. The van der Waals surface area contributed by atoms with E-state index in [9.17, 15) is 4.79 Å². The number of carbonyl (C=O) groups is 1. The van der Waals surface area contributed by atoms with E-state index < -0.39 is 0 Å². The molecule has 3 rings (SSSR count). The number of hydrogen-bond donors (Lipinski definition) is 0. The van der Waals surface area contributed by atoms with Crippen LogP contribution in [0.3, 0.4) is 0 Å². The van der Waals surface area contributed by atoms with Crippen LogP contribution in [-0.2, 0) is 7.05 Å². The molecule has 0 bridgehead atoms. The van der Waals surface area contributed by atoms with Gasteiger partial charge in [-0.3, -0.25) is 4.79 Å². The number of nitrogens with zero attached hydrogens (tertiary/aromatic N) is 2. The Balaban J connectivity index is 1.96. The van der Waals surface area contributed by atoms with Crippen molar-refractivity contribution in [1.29, 1.82) is 0 Å². The maximum atomic E-state index is 13.2. The summed E-state index contributed by atoms with van der Waals surface area (Å²) in [5.41, 5.74) is 4.37. The number of benzene rings is 1. The second-order valence-electron chi connectivity index (χ2n) is 6.78. The van der Waals surface area contributed by atoms with Gasteiger partial charge in [0.15, 0.2) is 0 Å². The van der Waals surface area contributed by atoms with Crippen LogP contribution in [0.15, 0.2) is 36.5 Å². The number of rotatable bonds is 2. The fourth-order valence-corrected chi connectivity index (χ4v) is 3.74. The van der Waals surface area contributed by atoms with Gasteiger partial charge in [-0.2, -0.15) is 0 Å². The van der Waals surface area contributed by atoms with E-state index in [1.54, 1.807) is 0 Å². The van der Waals surface area contributed by atoms with Crippen LogP contribution in [0.1, 0.15) is 58.9 Å². The summed E-state index contributed by atoms with van der Waals surface area (Å²) < 4.78 is 2.15. The molecule has 1 amide bonds. The average molecular weight is 310 g/mol. The van der Waals surface area contributed by atoms with Crippen LogP contribution < -0.4 is 0 Å². The second-order valence-corrected chi connectivity index (χ2v) is 6.78. The predicted octanol–water partition coefficient (Wildman–Crippen LogP) is 4.40. The second kappa shape index (κ2) is 6.61. The van der Waals surface area contributed by atoms with Crippen molar-refractivity contribution in [2.24, 2.45) is 7.05 Å². The maximum absolute atomic E-state index is 13.2. The molecule has 0 spiro atoms. The normalized spacial score (nSPS) is 18.7. The lowest BCUT2D eigenvalue weighted by atomic mass is 10.0. The molecule has 3 nitrogen and oxygen atoms in total. The highest BCUT2D eigenvalue weighted by molar-refractivity contribution is 5.95. The van der Waals surface area contributed by atoms with Crippen molar-refractivity contribution in [3.63, 3.8) is 0 Å². The van der Waals surface area contributed by atoms with Gasteiger partial charge >= 0.3 is 0 Å². The van der Waals surface area contributed by atoms with Gasteiger partial charge in [-0.25, -0.2) is 0 Å². The van der Waals surface area contributed by atoms with Crippen molar-refractivity contribution in [3.05, 3.63) is 58.9 Å². The van der Waals surface area contributed by atoms with Crippen molar-refractivity contribution < 1.29 is 4.79 Å². The summed E-state index contributed by atoms with van der Waals surface area (Å²) in [6.45, 7) is 4.96. The highest BCUT2D eigenvalue weighted by Crippen LogP contribution is 2.31. The van der Waals surface area contributed by atoms with E-state index in [4.69, 9.17) is 0 Å². The third kappa shape index (κ3) is 3.34. The Bertz CT molecular complexity index is 681. The zero-order valence-electron chi connectivity index (χ0n) is 14.4. The van der Waals surface area contributed by atoms with Crippen LogP contribution in [0.5, 0.6) is 0 Å². The van der Waals surface area contributed by atoms with E-state index in [2.05, 4.69) is 54.8 Å². The largest absolute Gasteiger partial charge is 0.353 e. The van der Waals surface area contributed by atoms with Crippen LogP contribution in [0.2, 0.25) is 0 Å². The molecule has 2 heterocycles. The van der Waals surface area contributed by atoms with Gasteiger partial charge in [-0.05, 0) is 51.0 Å². The van der Waals surface area contributed by atoms with Crippen LogP contribution in [-0.4, -0.2) is 21.9 Å². The van der Waals surface area contributed by atoms with Crippen LogP contribution in [0.25, 0.3) is 0 Å². The molecule has 0 radical (unpaired) electrons. The Labute approximate surface area is 138 Å². The summed E-state index contributed by atoms with van der Waals surface area (Å²) in [5.74, 6) is 0.171. The molecule has 2 aromatic rings. The minimum atomic E-state index is 0.171. The molecule has 0 saturated carbocycles. The van der Waals surface area contributed by atoms with Crippen molar-refractivity contribution in [2.45, 2.75) is 45.6 Å². The highest BCUT2D eigenvalue weighted by Gasteiger charge is 2.29. The monoisotopic (exact) mass is 310 g/mol. The maximum Gasteiger partial charge on any atom is 0.254 e. The molecule has 122 valence electrons. The van der Waals surface area contributed by atoms with Crippen molar-refractivity contribution in [3.8, 4) is 0 Å². The number of aromatic nitrogens is 1. The first-order valence-electron chi connectivity index (χ1n) is 8.57. The molecular formula is C20H26N2O. The lowest BCUT2D eigenvalue weighted by Crippen LogP contribution is -2.35. The molecular weight excluding hydrogens is 284 g/mol. The molecule has 1 saturated heterocycles. The van der Waals surface area contributed by atoms with Gasteiger partial charge in [0, 0.05) is 31.0 Å². The number of aryl methyl sites for hydroxylation is 3. The summed E-state index contributed by atoms with van der Waals surface area (Å²) in [4.78, 5) is 15.3. The SMILES string of the molecule is Cc1cc(C)cc(C(=O)N2CCCCCC2c2cccn2C)c1. The van der Waals surface area contributed by atoms with Crippen molar-refractivity contribution in [2.75, 3.05) is 6.54 Å². The molecule has 1 aromatic heterocycles. The van der Waals surface area contributed by atoms with Gasteiger partial charge in [0.2, 0.25) is 0 Å². The summed E-state index contributed by atoms with van der Waals surface area (Å²) in [6, 6.07) is 10.6. The lowest BCUT2D eigenvalue weighted by molar-refractivity contribution is 0.0674. The van der Waals surface area contributed by atoms with Gasteiger partial charge in [-0.1, -0.05) is 30.0 Å². The van der Waals surface area contributed by atoms with Gasteiger partial charge < -0.3 is 9.47 Å². The predicted molar refractivity (Wildman–Crippen MR) is 93.6 cm³/mol. The fourth-order valence-electron chi connectivity index (χ4n) is 3.74. The van der Waals surface area contributed by atoms with Gasteiger partial charge in [0.05, 0.1) is 6.04 Å². The van der Waals surface area contributed by atoms with E-state index in [1.807, 2.05) is 12.1 Å². The van der Waals surface area contributed by atoms with E-state index in [1.165, 1.54) is 18.5 Å². The Kier molecular flexibility index (Phi) is 4.56. The third-order valence-corrected chi connectivity index (χ3v) is 4.81. The standard InChI is InChI=1S/C20H26N2O/c1-15-12-16(2)14-17(13-15)20(23)22-11-6-4-5-8-19(22)18-9-7-10-21(18)3/h7,9-10,12-14,19H,4-6,8,11H2,1-3H3. The molecule has 0 N–H and O–H groups in total. The number of carbonyl (C=O) groups excluding carboxylic acids is 1. The van der Waals surface area contributed by atoms with Crippen LogP contribution in [0, 0.1) is 13.8 Å². The van der Waals surface area contributed by atoms with E-state index in [0.29, 0.717) is 0 Å². The first-order chi connectivity index (χ1) is 11.1.